The number of amides is 2. The molecule has 1 aromatic carbocycles. The monoisotopic (exact) mass is 435 g/mol. The lowest BCUT2D eigenvalue weighted by Gasteiger charge is -2.30. The number of likely N-dealkylation sites (tertiary alicyclic amines) is 1. The lowest BCUT2D eigenvalue weighted by molar-refractivity contribution is -0.129. The fourth-order valence-corrected chi connectivity index (χ4v) is 5.89. The molecule has 2 amide bonds. The van der Waals surface area contributed by atoms with Gasteiger partial charge in [0, 0.05) is 44.7 Å². The number of carbonyl (C=O) groups is 2. The molecule has 3 rings (SSSR count). The summed E-state index contributed by atoms with van der Waals surface area (Å²) in [4.78, 5) is 26.8. The van der Waals surface area contributed by atoms with E-state index in [1.165, 1.54) is 10.4 Å². The fourth-order valence-electron chi connectivity index (χ4n) is 4.10. The van der Waals surface area contributed by atoms with Gasteiger partial charge in [-0.15, -0.1) is 0 Å². The van der Waals surface area contributed by atoms with Crippen LogP contribution in [0.1, 0.15) is 60.5 Å². The number of sulfonamides is 1. The van der Waals surface area contributed by atoms with Crippen molar-refractivity contribution >= 4 is 21.8 Å². The second kappa shape index (κ2) is 9.47. The van der Waals surface area contributed by atoms with Gasteiger partial charge in [0.1, 0.15) is 0 Å². The molecule has 0 bridgehead atoms. The molecule has 0 atom stereocenters. The van der Waals surface area contributed by atoms with Gasteiger partial charge in [0.25, 0.3) is 5.91 Å². The molecule has 30 heavy (non-hydrogen) atoms. The predicted molar refractivity (Wildman–Crippen MR) is 116 cm³/mol. The Bertz CT molecular complexity index is 899. The number of nitrogens with one attached hydrogen (secondary N) is 1. The molecule has 2 aliphatic rings. The number of benzene rings is 1. The summed E-state index contributed by atoms with van der Waals surface area (Å²) in [5, 5.41) is 2.77. The molecular formula is C22H33N3O4S. The SMILES string of the molecule is Cc1cc(C(=O)NCCC(=O)N2CCCC2)cc(S(=O)(=O)N2CCC(C)CC2)c1C. The average Bonchev–Trinajstić information content (AvgIpc) is 3.25. The van der Waals surface area contributed by atoms with E-state index in [0.717, 1.165) is 44.3 Å². The van der Waals surface area contributed by atoms with Gasteiger partial charge in [-0.1, -0.05) is 6.92 Å². The zero-order valence-electron chi connectivity index (χ0n) is 18.2. The highest BCUT2D eigenvalue weighted by Gasteiger charge is 2.30. The van der Waals surface area contributed by atoms with E-state index in [2.05, 4.69) is 12.2 Å². The van der Waals surface area contributed by atoms with E-state index in [-0.39, 0.29) is 29.7 Å². The van der Waals surface area contributed by atoms with Crippen molar-refractivity contribution in [2.24, 2.45) is 5.92 Å². The van der Waals surface area contributed by atoms with E-state index in [9.17, 15) is 18.0 Å². The summed E-state index contributed by atoms with van der Waals surface area (Å²) in [6.45, 7) is 8.59. The summed E-state index contributed by atoms with van der Waals surface area (Å²) in [6, 6.07) is 3.19. The van der Waals surface area contributed by atoms with E-state index >= 15 is 0 Å². The number of hydrogen-bond donors (Lipinski definition) is 1. The van der Waals surface area contributed by atoms with Gasteiger partial charge >= 0.3 is 0 Å². The zero-order valence-corrected chi connectivity index (χ0v) is 19.1. The molecule has 2 saturated heterocycles. The first-order valence-electron chi connectivity index (χ1n) is 10.9. The molecule has 0 aliphatic carbocycles. The van der Waals surface area contributed by atoms with Crippen LogP contribution in [-0.2, 0) is 14.8 Å². The minimum Gasteiger partial charge on any atom is -0.352 e. The van der Waals surface area contributed by atoms with E-state index in [1.54, 1.807) is 13.0 Å². The number of aryl methyl sites for hydroxylation is 1. The molecule has 8 heteroatoms. The van der Waals surface area contributed by atoms with Gasteiger partial charge in [-0.2, -0.15) is 4.31 Å². The Balaban J connectivity index is 1.70. The van der Waals surface area contributed by atoms with Crippen LogP contribution in [0.2, 0.25) is 0 Å². The Kier molecular flexibility index (Phi) is 7.18. The van der Waals surface area contributed by atoms with Gasteiger partial charge in [-0.25, -0.2) is 8.42 Å². The van der Waals surface area contributed by atoms with E-state index < -0.39 is 10.0 Å². The summed E-state index contributed by atoms with van der Waals surface area (Å²) in [6.07, 6.45) is 4.03. The van der Waals surface area contributed by atoms with Crippen LogP contribution in [0.4, 0.5) is 0 Å². The van der Waals surface area contributed by atoms with Crippen molar-refractivity contribution in [1.82, 2.24) is 14.5 Å². The van der Waals surface area contributed by atoms with Crippen molar-refractivity contribution in [3.8, 4) is 0 Å². The van der Waals surface area contributed by atoms with Crippen molar-refractivity contribution in [3.05, 3.63) is 28.8 Å². The molecule has 2 aliphatic heterocycles. The van der Waals surface area contributed by atoms with Gasteiger partial charge in [0.15, 0.2) is 0 Å². The van der Waals surface area contributed by atoms with E-state index in [4.69, 9.17) is 0 Å². The molecular weight excluding hydrogens is 402 g/mol. The highest BCUT2D eigenvalue weighted by atomic mass is 32.2. The highest BCUT2D eigenvalue weighted by molar-refractivity contribution is 7.89. The van der Waals surface area contributed by atoms with Crippen LogP contribution < -0.4 is 5.32 Å². The van der Waals surface area contributed by atoms with Crippen molar-refractivity contribution in [2.75, 3.05) is 32.7 Å². The maximum absolute atomic E-state index is 13.2. The molecule has 0 unspecified atom stereocenters. The van der Waals surface area contributed by atoms with Crippen LogP contribution in [0, 0.1) is 19.8 Å². The maximum atomic E-state index is 13.2. The van der Waals surface area contributed by atoms with E-state index in [1.807, 2.05) is 11.8 Å². The minimum atomic E-state index is -3.65. The van der Waals surface area contributed by atoms with Crippen molar-refractivity contribution in [3.63, 3.8) is 0 Å². The fraction of sp³-hybridized carbons (Fsp3) is 0.636. The number of nitrogens with zero attached hydrogens (tertiary/aromatic N) is 2. The Morgan fingerprint density at radius 2 is 1.70 bits per heavy atom. The van der Waals surface area contributed by atoms with Crippen LogP contribution in [0.5, 0.6) is 0 Å². The van der Waals surface area contributed by atoms with Crippen LogP contribution in [-0.4, -0.2) is 62.2 Å². The minimum absolute atomic E-state index is 0.0514. The van der Waals surface area contributed by atoms with Crippen LogP contribution in [0.25, 0.3) is 0 Å². The largest absolute Gasteiger partial charge is 0.352 e. The summed E-state index contributed by atoms with van der Waals surface area (Å²) >= 11 is 0. The summed E-state index contributed by atoms with van der Waals surface area (Å²) in [5.41, 5.74) is 1.75. The average molecular weight is 436 g/mol. The molecule has 0 radical (unpaired) electrons. The molecule has 0 aromatic heterocycles. The maximum Gasteiger partial charge on any atom is 0.251 e. The molecule has 2 heterocycles. The molecule has 1 aromatic rings. The summed E-state index contributed by atoms with van der Waals surface area (Å²) in [5.74, 6) is 0.228. The lowest BCUT2D eigenvalue weighted by Crippen LogP contribution is -2.38. The Labute approximate surface area is 179 Å². The highest BCUT2D eigenvalue weighted by Crippen LogP contribution is 2.28. The Morgan fingerprint density at radius 1 is 1.07 bits per heavy atom. The van der Waals surface area contributed by atoms with Crippen LogP contribution in [0.3, 0.4) is 0 Å². The van der Waals surface area contributed by atoms with Crippen molar-refractivity contribution in [2.45, 2.75) is 57.8 Å². The molecule has 2 fully saturated rings. The van der Waals surface area contributed by atoms with Gasteiger partial charge in [-0.3, -0.25) is 9.59 Å². The summed E-state index contributed by atoms with van der Waals surface area (Å²) in [7, 11) is -3.65. The van der Waals surface area contributed by atoms with E-state index in [0.29, 0.717) is 30.1 Å². The van der Waals surface area contributed by atoms with Crippen LogP contribution in [0.15, 0.2) is 17.0 Å². The third-order valence-corrected chi connectivity index (χ3v) is 8.35. The quantitative estimate of drug-likeness (QED) is 0.744. The first-order valence-corrected chi connectivity index (χ1v) is 12.3. The predicted octanol–water partition coefficient (Wildman–Crippen LogP) is 2.47. The van der Waals surface area contributed by atoms with Gasteiger partial charge in [-0.05, 0) is 68.7 Å². The number of piperidine rings is 1. The van der Waals surface area contributed by atoms with Crippen LogP contribution >= 0.6 is 0 Å². The van der Waals surface area contributed by atoms with Crippen molar-refractivity contribution in [1.29, 1.82) is 0 Å². The standard InChI is InChI=1S/C22H33N3O4S/c1-16-7-12-25(13-8-16)30(28,29)20-15-19(14-17(2)18(20)3)22(27)23-9-6-21(26)24-10-4-5-11-24/h14-16H,4-13H2,1-3H3,(H,23,27). The molecule has 7 nitrogen and oxygen atoms in total. The number of rotatable bonds is 6. The molecule has 0 saturated carbocycles. The second-order valence-corrected chi connectivity index (χ2v) is 10.5. The lowest BCUT2D eigenvalue weighted by atomic mass is 10.0. The van der Waals surface area contributed by atoms with Crippen molar-refractivity contribution < 1.29 is 18.0 Å². The first-order chi connectivity index (χ1) is 14.2. The number of hydrogen-bond acceptors (Lipinski definition) is 4. The van der Waals surface area contributed by atoms with Gasteiger partial charge < -0.3 is 10.2 Å². The third-order valence-electron chi connectivity index (χ3n) is 6.33. The summed E-state index contributed by atoms with van der Waals surface area (Å²) < 4.78 is 28.0. The third kappa shape index (κ3) is 5.03. The number of carbonyl (C=O) groups excluding carboxylic acids is 2. The zero-order chi connectivity index (χ0) is 21.9. The molecule has 166 valence electrons. The smallest absolute Gasteiger partial charge is 0.251 e. The molecule has 1 N–H and O–H groups in total. The topological polar surface area (TPSA) is 86.8 Å². The second-order valence-electron chi connectivity index (χ2n) is 8.60. The Morgan fingerprint density at radius 3 is 2.33 bits per heavy atom. The first kappa shape index (κ1) is 22.7. The molecule has 0 spiro atoms. The van der Waals surface area contributed by atoms with Gasteiger partial charge in [0.2, 0.25) is 15.9 Å². The van der Waals surface area contributed by atoms with Gasteiger partial charge in [0.05, 0.1) is 4.90 Å². The normalized spacial score (nSPS) is 18.6. The Hall–Kier alpha value is -1.93.